The minimum absolute atomic E-state index is 0.255. The first-order chi connectivity index (χ1) is 11.0. The van der Waals surface area contributed by atoms with Crippen LogP contribution < -0.4 is 14.2 Å². The van der Waals surface area contributed by atoms with Crippen LogP contribution in [-0.4, -0.2) is 43.9 Å². The molecule has 0 bridgehead atoms. The summed E-state index contributed by atoms with van der Waals surface area (Å²) >= 11 is 0.921. The lowest BCUT2D eigenvalue weighted by atomic mass is 10.1. The van der Waals surface area contributed by atoms with Crippen LogP contribution in [0.4, 0.5) is 4.79 Å². The zero-order valence-corrected chi connectivity index (χ0v) is 14.4. The van der Waals surface area contributed by atoms with Crippen molar-refractivity contribution in [3.8, 4) is 17.2 Å². The fourth-order valence-electron chi connectivity index (χ4n) is 2.22. The quantitative estimate of drug-likeness (QED) is 0.743. The molecule has 2 rings (SSSR count). The Morgan fingerprint density at radius 2 is 1.70 bits per heavy atom. The van der Waals surface area contributed by atoms with E-state index in [0.717, 1.165) is 18.2 Å². The van der Waals surface area contributed by atoms with E-state index in [1.54, 1.807) is 25.3 Å². The van der Waals surface area contributed by atoms with Gasteiger partial charge in [0.15, 0.2) is 0 Å². The SMILES string of the molecule is CCCN1C(=O)S/C(=C/c2c(OC)cc(OC)cc2OC)C1=O. The Morgan fingerprint density at radius 1 is 1.09 bits per heavy atom. The van der Waals surface area contributed by atoms with Gasteiger partial charge in [-0.1, -0.05) is 6.92 Å². The first-order valence-corrected chi connectivity index (χ1v) is 7.92. The van der Waals surface area contributed by atoms with Gasteiger partial charge in [0.25, 0.3) is 11.1 Å². The molecule has 1 aliphatic rings. The van der Waals surface area contributed by atoms with E-state index in [2.05, 4.69) is 0 Å². The molecule has 124 valence electrons. The molecular weight excluding hydrogens is 318 g/mol. The standard InChI is InChI=1S/C16H19NO5S/c1-5-6-17-15(18)14(23-16(17)19)9-11-12(21-3)7-10(20-2)8-13(11)22-4/h7-9H,5-6H2,1-4H3/b14-9+. The first-order valence-electron chi connectivity index (χ1n) is 7.11. The normalized spacial score (nSPS) is 16.2. The molecule has 1 saturated heterocycles. The molecule has 7 heteroatoms. The number of carbonyl (C=O) groups is 2. The molecule has 1 heterocycles. The molecule has 1 aliphatic heterocycles. The molecule has 2 amide bonds. The Morgan fingerprint density at radius 3 is 2.17 bits per heavy atom. The van der Waals surface area contributed by atoms with Crippen molar-refractivity contribution in [3.05, 3.63) is 22.6 Å². The minimum Gasteiger partial charge on any atom is -0.496 e. The average Bonchev–Trinajstić information content (AvgIpc) is 2.82. The molecule has 0 unspecified atom stereocenters. The number of hydrogen-bond acceptors (Lipinski definition) is 6. The van der Waals surface area contributed by atoms with Crippen molar-refractivity contribution in [1.82, 2.24) is 4.90 Å². The van der Waals surface area contributed by atoms with Gasteiger partial charge in [-0.3, -0.25) is 14.5 Å². The van der Waals surface area contributed by atoms with Crippen LogP contribution in [0.3, 0.4) is 0 Å². The monoisotopic (exact) mass is 337 g/mol. The van der Waals surface area contributed by atoms with Gasteiger partial charge in [0.05, 0.1) is 31.8 Å². The van der Waals surface area contributed by atoms with Gasteiger partial charge in [-0.05, 0) is 24.3 Å². The van der Waals surface area contributed by atoms with Gasteiger partial charge < -0.3 is 14.2 Å². The molecule has 0 saturated carbocycles. The van der Waals surface area contributed by atoms with Crippen molar-refractivity contribution in [2.45, 2.75) is 13.3 Å². The van der Waals surface area contributed by atoms with Gasteiger partial charge in [-0.15, -0.1) is 0 Å². The number of benzene rings is 1. The second-order valence-electron chi connectivity index (χ2n) is 4.78. The second-order valence-corrected chi connectivity index (χ2v) is 5.77. The van der Waals surface area contributed by atoms with Crippen molar-refractivity contribution in [2.24, 2.45) is 0 Å². The van der Waals surface area contributed by atoms with Crippen molar-refractivity contribution in [1.29, 1.82) is 0 Å². The molecule has 1 aromatic carbocycles. The highest BCUT2D eigenvalue weighted by atomic mass is 32.2. The van der Waals surface area contributed by atoms with Crippen LogP contribution in [-0.2, 0) is 4.79 Å². The smallest absolute Gasteiger partial charge is 0.293 e. The lowest BCUT2D eigenvalue weighted by molar-refractivity contribution is -0.122. The number of imide groups is 1. The average molecular weight is 337 g/mol. The number of thioether (sulfide) groups is 1. The van der Waals surface area contributed by atoms with E-state index in [1.165, 1.54) is 19.1 Å². The first kappa shape index (κ1) is 17.2. The van der Waals surface area contributed by atoms with Crippen molar-refractivity contribution >= 4 is 29.0 Å². The molecule has 1 fully saturated rings. The van der Waals surface area contributed by atoms with E-state index in [1.807, 2.05) is 6.92 Å². The topological polar surface area (TPSA) is 65.1 Å². The number of rotatable bonds is 6. The summed E-state index contributed by atoms with van der Waals surface area (Å²) in [5.41, 5.74) is 0.595. The number of carbonyl (C=O) groups excluding carboxylic acids is 2. The summed E-state index contributed by atoms with van der Waals surface area (Å²) in [5.74, 6) is 1.30. The van der Waals surface area contributed by atoms with Crippen molar-refractivity contribution in [2.75, 3.05) is 27.9 Å². The highest BCUT2D eigenvalue weighted by molar-refractivity contribution is 8.18. The van der Waals surface area contributed by atoms with Crippen LogP contribution in [0.5, 0.6) is 17.2 Å². The molecule has 0 aromatic heterocycles. The van der Waals surface area contributed by atoms with Gasteiger partial charge in [0.2, 0.25) is 0 Å². The summed E-state index contributed by atoms with van der Waals surface area (Å²) in [4.78, 5) is 25.9. The summed E-state index contributed by atoms with van der Waals surface area (Å²) < 4.78 is 15.9. The Hall–Kier alpha value is -2.15. The molecule has 0 aliphatic carbocycles. The fraction of sp³-hybridized carbons (Fsp3) is 0.375. The number of methoxy groups -OCH3 is 3. The molecule has 23 heavy (non-hydrogen) atoms. The van der Waals surface area contributed by atoms with Crippen molar-refractivity contribution < 1.29 is 23.8 Å². The molecule has 0 spiro atoms. The summed E-state index contributed by atoms with van der Waals surface area (Å²) in [6.45, 7) is 2.33. The molecule has 1 aromatic rings. The number of amides is 2. The summed E-state index contributed by atoms with van der Waals surface area (Å²) in [7, 11) is 4.59. The third-order valence-electron chi connectivity index (χ3n) is 3.35. The maximum Gasteiger partial charge on any atom is 0.293 e. The van der Waals surface area contributed by atoms with Crippen LogP contribution in [0.1, 0.15) is 18.9 Å². The minimum atomic E-state index is -0.290. The maximum absolute atomic E-state index is 12.3. The lowest BCUT2D eigenvalue weighted by Crippen LogP contribution is -2.28. The Bertz CT molecular complexity index is 631. The highest BCUT2D eigenvalue weighted by Gasteiger charge is 2.34. The van der Waals surface area contributed by atoms with E-state index in [0.29, 0.717) is 34.3 Å². The third-order valence-corrected chi connectivity index (χ3v) is 4.26. The van der Waals surface area contributed by atoms with Gasteiger partial charge in [-0.2, -0.15) is 0 Å². The van der Waals surface area contributed by atoms with Crippen LogP contribution in [0, 0.1) is 0 Å². The van der Waals surface area contributed by atoms with Crippen molar-refractivity contribution in [3.63, 3.8) is 0 Å². The summed E-state index contributed by atoms with van der Waals surface area (Å²) in [5, 5.41) is -0.255. The Labute approximate surface area is 139 Å². The number of ether oxygens (including phenoxy) is 3. The third kappa shape index (κ3) is 3.44. The van der Waals surface area contributed by atoms with Gasteiger partial charge >= 0.3 is 0 Å². The maximum atomic E-state index is 12.3. The van der Waals surface area contributed by atoms with E-state index in [9.17, 15) is 9.59 Å². The van der Waals surface area contributed by atoms with Gasteiger partial charge in [-0.25, -0.2) is 0 Å². The fourth-order valence-corrected chi connectivity index (χ4v) is 3.07. The number of hydrogen-bond donors (Lipinski definition) is 0. The molecular formula is C16H19NO5S. The molecule has 0 atom stereocenters. The zero-order chi connectivity index (χ0) is 17.0. The highest BCUT2D eigenvalue weighted by Crippen LogP contribution is 2.39. The molecule has 0 N–H and O–H groups in total. The summed E-state index contributed by atoms with van der Waals surface area (Å²) in [6.07, 6.45) is 2.35. The van der Waals surface area contributed by atoms with Crippen LogP contribution in [0.25, 0.3) is 6.08 Å². The second kappa shape index (κ2) is 7.41. The predicted octanol–water partition coefficient (Wildman–Crippen LogP) is 3.16. The van der Waals surface area contributed by atoms with Crippen LogP contribution >= 0.6 is 11.8 Å². The van der Waals surface area contributed by atoms with Crippen LogP contribution in [0.15, 0.2) is 17.0 Å². The molecule has 0 radical (unpaired) electrons. The lowest BCUT2D eigenvalue weighted by Gasteiger charge is -2.13. The largest absolute Gasteiger partial charge is 0.496 e. The van der Waals surface area contributed by atoms with Gasteiger partial charge in [0, 0.05) is 18.7 Å². The van der Waals surface area contributed by atoms with E-state index in [-0.39, 0.29) is 11.1 Å². The van der Waals surface area contributed by atoms with Crippen LogP contribution in [0.2, 0.25) is 0 Å². The molecule has 6 nitrogen and oxygen atoms in total. The Kier molecular flexibility index (Phi) is 5.54. The van der Waals surface area contributed by atoms with E-state index >= 15 is 0 Å². The van der Waals surface area contributed by atoms with Gasteiger partial charge in [0.1, 0.15) is 17.2 Å². The predicted molar refractivity (Wildman–Crippen MR) is 89.1 cm³/mol. The zero-order valence-electron chi connectivity index (χ0n) is 13.5. The summed E-state index contributed by atoms with van der Waals surface area (Å²) in [6, 6.07) is 3.40. The number of nitrogens with zero attached hydrogens (tertiary/aromatic N) is 1. The van der Waals surface area contributed by atoms with E-state index < -0.39 is 0 Å². The Balaban J connectivity index is 2.46. The van der Waals surface area contributed by atoms with E-state index in [4.69, 9.17) is 14.2 Å².